The summed E-state index contributed by atoms with van der Waals surface area (Å²) in [5.41, 5.74) is 1.79. The Labute approximate surface area is 137 Å². The fourth-order valence-corrected chi connectivity index (χ4v) is 0.527. The first-order chi connectivity index (χ1) is 8.24. The Morgan fingerprint density at radius 1 is 0.722 bits per heavy atom. The van der Waals surface area contributed by atoms with Crippen LogP contribution in [0.2, 0.25) is 0 Å². The summed E-state index contributed by atoms with van der Waals surface area (Å²) in [6.07, 6.45) is 9.69. The van der Waals surface area contributed by atoms with Gasteiger partial charge in [-0.3, -0.25) is 4.98 Å². The quantitative estimate of drug-likeness (QED) is 0.573. The van der Waals surface area contributed by atoms with Crippen LogP contribution in [0.1, 0.15) is 80.1 Å². The predicted molar refractivity (Wildman–Crippen MR) is 89.6 cm³/mol. The van der Waals surface area contributed by atoms with Gasteiger partial charge in [-0.25, -0.2) is 0 Å². The van der Waals surface area contributed by atoms with Gasteiger partial charge in [0, 0.05) is 35.5 Å². The molecule has 0 N–H and O–H groups in total. The van der Waals surface area contributed by atoms with E-state index >= 15 is 0 Å². The van der Waals surface area contributed by atoms with Crippen LogP contribution in [0.3, 0.4) is 0 Å². The number of aromatic nitrogens is 1. The van der Waals surface area contributed by atoms with Crippen molar-refractivity contribution in [3.63, 3.8) is 0 Å². The van der Waals surface area contributed by atoms with Crippen LogP contribution in [-0.4, -0.2) is 28.9 Å². The molecule has 0 saturated carbocycles. The van der Waals surface area contributed by atoms with Gasteiger partial charge in [-0.15, -0.1) is 11.3 Å². The molecule has 1 nitrogen and oxygen atoms in total. The average molecular weight is 378 g/mol. The maximum absolute atomic E-state index is 3.74. The first-order valence-electron chi connectivity index (χ1n) is 7.06. The van der Waals surface area contributed by atoms with Gasteiger partial charge in [0.25, 0.3) is 0 Å². The minimum absolute atomic E-state index is 0. The molecule has 0 aliphatic heterocycles. The fourth-order valence-electron chi connectivity index (χ4n) is 0.176. The number of hydrogen-bond acceptors (Lipinski definition) is 2. The Balaban J connectivity index is -0.0000000719. The van der Waals surface area contributed by atoms with Crippen LogP contribution in [0.15, 0.2) is 17.1 Å². The zero-order valence-corrected chi connectivity index (χ0v) is 17.0. The molecule has 1 aromatic heterocycles. The van der Waals surface area contributed by atoms with E-state index < -0.39 is 0 Å². The molecule has 3 heteroatoms. The fraction of sp³-hybridized carbons (Fsp3) is 0.800. The first kappa shape index (κ1) is 26.9. The molecule has 0 aliphatic carbocycles. The van der Waals surface area contributed by atoms with E-state index in [1.54, 1.807) is 23.0 Å². The van der Waals surface area contributed by atoms with Crippen LogP contribution in [-0.2, 0) is 0 Å². The van der Waals surface area contributed by atoms with Crippen molar-refractivity contribution < 1.29 is 0 Å². The molecule has 18 heavy (non-hydrogen) atoms. The molecule has 0 aromatic carbocycles. The molecule has 1 aromatic rings. The second-order valence-corrected chi connectivity index (χ2v) is 4.43. The summed E-state index contributed by atoms with van der Waals surface area (Å²) >= 11 is 1.60. The standard InChI is InChI=1S/3C4H10.C3H3NS.Sn/c3*1-3-4-2;1-2-5-3-4-1;/h3*3-4H2,1-2H3;1-3H;. The topological polar surface area (TPSA) is 12.9 Å². The predicted octanol–water partition coefficient (Wildman–Crippen LogP) is 6.18. The Hall–Kier alpha value is 0.429. The van der Waals surface area contributed by atoms with E-state index in [1.807, 2.05) is 5.38 Å². The van der Waals surface area contributed by atoms with Crippen molar-refractivity contribution in [3.05, 3.63) is 17.1 Å². The molecular formula is C15H33NSSn. The second kappa shape index (κ2) is 36.0. The van der Waals surface area contributed by atoms with E-state index in [2.05, 4.69) is 46.5 Å². The third kappa shape index (κ3) is 55.0. The van der Waals surface area contributed by atoms with E-state index in [4.69, 9.17) is 0 Å². The van der Waals surface area contributed by atoms with Gasteiger partial charge in [0.1, 0.15) is 0 Å². The van der Waals surface area contributed by atoms with Crippen molar-refractivity contribution in [1.82, 2.24) is 4.98 Å². The van der Waals surface area contributed by atoms with Gasteiger partial charge >= 0.3 is 0 Å². The van der Waals surface area contributed by atoms with Crippen molar-refractivity contribution >= 4 is 35.2 Å². The summed E-state index contributed by atoms with van der Waals surface area (Å²) in [7, 11) is 0. The summed E-state index contributed by atoms with van der Waals surface area (Å²) in [4.78, 5) is 3.74. The molecule has 4 radical (unpaired) electrons. The molecule has 0 aliphatic rings. The number of unbranched alkanes of at least 4 members (excludes halogenated alkanes) is 3. The number of hydrogen-bond donors (Lipinski definition) is 0. The molecule has 0 unspecified atom stereocenters. The normalized spacial score (nSPS) is 7.22. The zero-order chi connectivity index (χ0) is 13.8. The van der Waals surface area contributed by atoms with Gasteiger partial charge in [0.2, 0.25) is 0 Å². The number of thiazole rings is 1. The number of nitrogens with zero attached hydrogens (tertiary/aromatic N) is 1. The molecule has 0 spiro atoms. The molecule has 0 bridgehead atoms. The summed E-state index contributed by atoms with van der Waals surface area (Å²) in [6.45, 7) is 13.1. The van der Waals surface area contributed by atoms with Gasteiger partial charge in [-0.1, -0.05) is 80.1 Å². The Kier molecular flexibility index (Phi) is 53.8. The number of rotatable bonds is 3. The van der Waals surface area contributed by atoms with Crippen LogP contribution >= 0.6 is 11.3 Å². The monoisotopic (exact) mass is 379 g/mol. The van der Waals surface area contributed by atoms with Gasteiger partial charge < -0.3 is 0 Å². The van der Waals surface area contributed by atoms with Crippen molar-refractivity contribution in [1.29, 1.82) is 0 Å². The van der Waals surface area contributed by atoms with Gasteiger partial charge in [-0.05, 0) is 0 Å². The second-order valence-electron chi connectivity index (χ2n) is 3.68. The molecule has 0 saturated heterocycles. The van der Waals surface area contributed by atoms with E-state index in [0.29, 0.717) is 0 Å². The SMILES string of the molecule is CCCC.CCCC.CCCC.[Sn].c1cscn1. The molecule has 0 amide bonds. The Morgan fingerprint density at radius 2 is 1.06 bits per heavy atom. The third-order valence-corrected chi connectivity index (χ3v) is 2.37. The smallest absolute Gasteiger partial charge is 0.0791 e. The van der Waals surface area contributed by atoms with Crippen molar-refractivity contribution in [2.24, 2.45) is 0 Å². The van der Waals surface area contributed by atoms with E-state index in [-0.39, 0.29) is 23.9 Å². The molecule has 1 heterocycles. The maximum atomic E-state index is 3.74. The molecular weight excluding hydrogens is 345 g/mol. The van der Waals surface area contributed by atoms with E-state index in [0.717, 1.165) is 0 Å². The summed E-state index contributed by atoms with van der Waals surface area (Å²) in [5.74, 6) is 0. The van der Waals surface area contributed by atoms with E-state index in [1.165, 1.54) is 38.5 Å². The van der Waals surface area contributed by atoms with Gasteiger partial charge in [0.05, 0.1) is 5.51 Å². The molecule has 1 rings (SSSR count). The first-order valence-corrected chi connectivity index (χ1v) is 8.01. The summed E-state index contributed by atoms with van der Waals surface area (Å²) < 4.78 is 0. The average Bonchev–Trinajstić information content (AvgIpc) is 2.98. The largest absolute Gasteiger partial charge is 0.253 e. The Morgan fingerprint density at radius 3 is 1.11 bits per heavy atom. The third-order valence-electron chi connectivity index (χ3n) is 1.85. The van der Waals surface area contributed by atoms with Crippen molar-refractivity contribution in [2.45, 2.75) is 80.1 Å². The van der Waals surface area contributed by atoms with Gasteiger partial charge in [0.15, 0.2) is 0 Å². The van der Waals surface area contributed by atoms with E-state index in [9.17, 15) is 0 Å². The molecule has 0 atom stereocenters. The summed E-state index contributed by atoms with van der Waals surface area (Å²) in [6, 6.07) is 0. The van der Waals surface area contributed by atoms with Gasteiger partial charge in [-0.2, -0.15) is 0 Å². The van der Waals surface area contributed by atoms with Crippen LogP contribution < -0.4 is 0 Å². The van der Waals surface area contributed by atoms with Crippen LogP contribution in [0.25, 0.3) is 0 Å². The summed E-state index contributed by atoms with van der Waals surface area (Å²) in [5, 5.41) is 1.93. The van der Waals surface area contributed by atoms with Crippen LogP contribution in [0, 0.1) is 0 Å². The maximum Gasteiger partial charge on any atom is 0.0791 e. The minimum atomic E-state index is 0. The van der Waals surface area contributed by atoms with Crippen LogP contribution in [0.5, 0.6) is 0 Å². The molecule has 0 fully saturated rings. The van der Waals surface area contributed by atoms with Crippen LogP contribution in [0.4, 0.5) is 0 Å². The molecule has 108 valence electrons. The minimum Gasteiger partial charge on any atom is -0.253 e. The Bertz CT molecular complexity index is 123. The van der Waals surface area contributed by atoms with Crippen molar-refractivity contribution in [3.8, 4) is 0 Å². The zero-order valence-electron chi connectivity index (χ0n) is 13.3. The van der Waals surface area contributed by atoms with Crippen molar-refractivity contribution in [2.75, 3.05) is 0 Å².